The highest BCUT2D eigenvalue weighted by Crippen LogP contribution is 2.40. The van der Waals surface area contributed by atoms with Crippen LogP contribution in [0.25, 0.3) is 5.76 Å². The first kappa shape index (κ1) is 23.7. The van der Waals surface area contributed by atoms with Gasteiger partial charge in [0.05, 0.1) is 11.6 Å². The van der Waals surface area contributed by atoms with E-state index in [-0.39, 0.29) is 11.3 Å². The second-order valence-corrected chi connectivity index (χ2v) is 8.69. The zero-order chi connectivity index (χ0) is 24.2. The number of hydrogen-bond acceptors (Lipinski definition) is 6. The van der Waals surface area contributed by atoms with E-state index < -0.39 is 23.7 Å². The molecular weight excluding hydrogens is 434 g/mol. The van der Waals surface area contributed by atoms with E-state index in [0.717, 1.165) is 25.7 Å². The molecule has 0 aromatic heterocycles. The lowest BCUT2D eigenvalue weighted by molar-refractivity contribution is -0.140. The molecule has 4 rings (SSSR count). The van der Waals surface area contributed by atoms with E-state index in [9.17, 15) is 19.5 Å². The normalized spacial score (nSPS) is 19.2. The fraction of sp³-hybridized carbons (Fsp3) is 0.370. The van der Waals surface area contributed by atoms with Gasteiger partial charge in [-0.3, -0.25) is 14.4 Å². The predicted octanol–water partition coefficient (Wildman–Crippen LogP) is 3.95. The molecule has 1 unspecified atom stereocenters. The number of aliphatic hydroxyl groups is 1. The Bertz CT molecular complexity index is 1130. The molecular formula is C27H29NO6. The summed E-state index contributed by atoms with van der Waals surface area (Å²) < 4.78 is 10.2. The lowest BCUT2D eigenvalue weighted by Gasteiger charge is -2.25. The number of aliphatic hydroxyl groups excluding tert-OH is 1. The summed E-state index contributed by atoms with van der Waals surface area (Å²) in [5.74, 6) is -1.60. The summed E-state index contributed by atoms with van der Waals surface area (Å²) in [5.41, 5.74) is 3.69. The third kappa shape index (κ3) is 4.75. The SMILES string of the molecule is COCCCN1C(=O)C(=O)/C(=C(\O)c2ccc3c(c2)CCCC3)C1c1ccc(OC(C)=O)cc1. The van der Waals surface area contributed by atoms with E-state index in [1.807, 2.05) is 18.2 Å². The average molecular weight is 464 g/mol. The molecule has 0 spiro atoms. The number of Topliss-reactive ketones (excluding diaryl/α,β-unsaturated/α-hetero) is 1. The van der Waals surface area contributed by atoms with Crippen LogP contribution in [0.3, 0.4) is 0 Å². The summed E-state index contributed by atoms with van der Waals surface area (Å²) >= 11 is 0. The van der Waals surface area contributed by atoms with Crippen LogP contribution in [0.4, 0.5) is 0 Å². The van der Waals surface area contributed by atoms with Crippen LogP contribution >= 0.6 is 0 Å². The van der Waals surface area contributed by atoms with Gasteiger partial charge in [0.1, 0.15) is 11.5 Å². The van der Waals surface area contributed by atoms with E-state index in [4.69, 9.17) is 9.47 Å². The number of methoxy groups -OCH3 is 1. The lowest BCUT2D eigenvalue weighted by atomic mass is 9.88. The van der Waals surface area contributed by atoms with Crippen LogP contribution in [0.2, 0.25) is 0 Å². The maximum absolute atomic E-state index is 13.1. The van der Waals surface area contributed by atoms with Gasteiger partial charge in [-0.1, -0.05) is 24.3 Å². The maximum Gasteiger partial charge on any atom is 0.308 e. The molecule has 7 nitrogen and oxygen atoms in total. The fourth-order valence-corrected chi connectivity index (χ4v) is 4.76. The first-order valence-corrected chi connectivity index (χ1v) is 11.6. The summed E-state index contributed by atoms with van der Waals surface area (Å²) in [5, 5.41) is 11.3. The second-order valence-electron chi connectivity index (χ2n) is 8.69. The van der Waals surface area contributed by atoms with Gasteiger partial charge in [0.2, 0.25) is 0 Å². The van der Waals surface area contributed by atoms with Crippen molar-refractivity contribution in [2.24, 2.45) is 0 Å². The van der Waals surface area contributed by atoms with Gasteiger partial charge in [-0.2, -0.15) is 0 Å². The average Bonchev–Trinajstić information content (AvgIpc) is 3.08. The monoisotopic (exact) mass is 463 g/mol. The number of rotatable bonds is 7. The zero-order valence-corrected chi connectivity index (χ0v) is 19.5. The van der Waals surface area contributed by atoms with Gasteiger partial charge in [-0.05, 0) is 67.0 Å². The van der Waals surface area contributed by atoms with E-state index in [2.05, 4.69) is 0 Å². The Balaban J connectivity index is 1.77. The molecule has 0 saturated carbocycles. The number of carbonyl (C=O) groups excluding carboxylic acids is 3. The number of nitrogens with zero attached hydrogens (tertiary/aromatic N) is 1. The van der Waals surface area contributed by atoms with Crippen molar-refractivity contribution in [1.29, 1.82) is 0 Å². The van der Waals surface area contributed by atoms with Crippen molar-refractivity contribution in [3.8, 4) is 5.75 Å². The van der Waals surface area contributed by atoms with Crippen molar-refractivity contribution in [1.82, 2.24) is 4.90 Å². The van der Waals surface area contributed by atoms with Crippen molar-refractivity contribution in [2.45, 2.75) is 45.1 Å². The molecule has 0 radical (unpaired) electrons. The molecule has 0 bridgehead atoms. The highest BCUT2D eigenvalue weighted by Gasteiger charge is 2.45. The van der Waals surface area contributed by atoms with Gasteiger partial charge in [0.25, 0.3) is 11.7 Å². The second kappa shape index (κ2) is 10.2. The molecule has 1 amide bonds. The van der Waals surface area contributed by atoms with Gasteiger partial charge < -0.3 is 19.5 Å². The van der Waals surface area contributed by atoms with Crippen LogP contribution in [0.1, 0.15) is 54.5 Å². The van der Waals surface area contributed by atoms with E-state index >= 15 is 0 Å². The fourth-order valence-electron chi connectivity index (χ4n) is 4.76. The Labute approximate surface area is 199 Å². The number of esters is 1. The minimum Gasteiger partial charge on any atom is -0.507 e. The number of fused-ring (bicyclic) bond motifs is 1. The summed E-state index contributed by atoms with van der Waals surface area (Å²) in [6, 6.07) is 11.6. The van der Waals surface area contributed by atoms with E-state index in [1.165, 1.54) is 23.0 Å². The number of carbonyl (C=O) groups is 3. The van der Waals surface area contributed by atoms with Crippen LogP contribution < -0.4 is 4.74 Å². The van der Waals surface area contributed by atoms with Crippen molar-refractivity contribution in [3.63, 3.8) is 0 Å². The molecule has 2 aromatic rings. The van der Waals surface area contributed by atoms with Crippen molar-refractivity contribution >= 4 is 23.4 Å². The number of benzene rings is 2. The van der Waals surface area contributed by atoms with Crippen LogP contribution in [0, 0.1) is 0 Å². The number of amides is 1. The van der Waals surface area contributed by atoms with Gasteiger partial charge in [-0.15, -0.1) is 0 Å². The Morgan fingerprint density at radius 2 is 1.76 bits per heavy atom. The molecule has 1 fully saturated rings. The third-order valence-electron chi connectivity index (χ3n) is 6.37. The molecule has 178 valence electrons. The van der Waals surface area contributed by atoms with Crippen LogP contribution in [-0.4, -0.2) is 47.9 Å². The highest BCUT2D eigenvalue weighted by molar-refractivity contribution is 6.46. The van der Waals surface area contributed by atoms with Crippen molar-refractivity contribution < 1.29 is 29.0 Å². The van der Waals surface area contributed by atoms with Crippen molar-refractivity contribution in [2.75, 3.05) is 20.3 Å². The number of likely N-dealkylation sites (tertiary alicyclic amines) is 1. The smallest absolute Gasteiger partial charge is 0.308 e. The lowest BCUT2D eigenvalue weighted by Crippen LogP contribution is -2.31. The van der Waals surface area contributed by atoms with Gasteiger partial charge >= 0.3 is 5.97 Å². The molecule has 1 saturated heterocycles. The highest BCUT2D eigenvalue weighted by atomic mass is 16.5. The third-order valence-corrected chi connectivity index (χ3v) is 6.37. The largest absolute Gasteiger partial charge is 0.507 e. The molecule has 1 heterocycles. The predicted molar refractivity (Wildman–Crippen MR) is 126 cm³/mol. The number of hydrogen-bond donors (Lipinski definition) is 1. The minimum atomic E-state index is -0.751. The molecule has 34 heavy (non-hydrogen) atoms. The van der Waals surface area contributed by atoms with Crippen molar-refractivity contribution in [3.05, 3.63) is 70.3 Å². The Morgan fingerprint density at radius 3 is 2.44 bits per heavy atom. The minimum absolute atomic E-state index is 0.0680. The summed E-state index contributed by atoms with van der Waals surface area (Å²) in [4.78, 5) is 38.9. The first-order chi connectivity index (χ1) is 16.4. The summed E-state index contributed by atoms with van der Waals surface area (Å²) in [6.45, 7) is 2.05. The van der Waals surface area contributed by atoms with E-state index in [1.54, 1.807) is 31.4 Å². The zero-order valence-electron chi connectivity index (χ0n) is 19.5. The number of ketones is 1. The summed E-state index contributed by atoms with van der Waals surface area (Å²) in [7, 11) is 1.58. The molecule has 1 aliphatic carbocycles. The van der Waals surface area contributed by atoms with Gasteiger partial charge in [0.15, 0.2) is 0 Å². The number of ether oxygens (including phenoxy) is 2. The first-order valence-electron chi connectivity index (χ1n) is 11.6. The number of aryl methyl sites for hydroxylation is 2. The Morgan fingerprint density at radius 1 is 1.06 bits per heavy atom. The molecule has 7 heteroatoms. The van der Waals surface area contributed by atoms with Crippen LogP contribution in [-0.2, 0) is 32.0 Å². The van der Waals surface area contributed by atoms with Gasteiger partial charge in [0, 0.05) is 32.7 Å². The van der Waals surface area contributed by atoms with Gasteiger partial charge in [-0.25, -0.2) is 0 Å². The molecule has 1 N–H and O–H groups in total. The maximum atomic E-state index is 13.1. The quantitative estimate of drug-likeness (QED) is 0.167. The molecule has 2 aliphatic rings. The Hall–Kier alpha value is -3.45. The summed E-state index contributed by atoms with van der Waals surface area (Å²) in [6.07, 6.45) is 4.73. The Kier molecular flexibility index (Phi) is 7.12. The van der Waals surface area contributed by atoms with Crippen LogP contribution in [0.15, 0.2) is 48.0 Å². The molecule has 1 atom stereocenters. The standard InChI is InChI=1S/C27H29NO6/c1-17(29)34-22-12-10-19(11-13-22)24-23(26(31)27(32)28(24)14-5-15-33-2)25(30)21-9-8-18-6-3-4-7-20(18)16-21/h8-13,16,24,30H,3-7,14-15H2,1-2H3/b25-23-. The van der Waals surface area contributed by atoms with E-state index in [0.29, 0.717) is 36.4 Å². The topological polar surface area (TPSA) is 93.1 Å². The molecule has 2 aromatic carbocycles. The van der Waals surface area contributed by atoms with Crippen LogP contribution in [0.5, 0.6) is 5.75 Å². The molecule has 1 aliphatic heterocycles.